The summed E-state index contributed by atoms with van der Waals surface area (Å²) in [5, 5.41) is 0.959. The summed E-state index contributed by atoms with van der Waals surface area (Å²) < 4.78 is 2.09. The Morgan fingerprint density at radius 3 is 3.00 bits per heavy atom. The van der Waals surface area contributed by atoms with Gasteiger partial charge in [0, 0.05) is 26.0 Å². The smallest absolute Gasteiger partial charge is 0.275 e. The van der Waals surface area contributed by atoms with Gasteiger partial charge in [0.05, 0.1) is 16.6 Å². The Labute approximate surface area is 138 Å². The lowest BCUT2D eigenvalue weighted by atomic mass is 10.2. The van der Waals surface area contributed by atoms with Crippen molar-refractivity contribution >= 4 is 43.7 Å². The molecule has 0 aromatic carbocycles. The predicted molar refractivity (Wildman–Crippen MR) is 98.3 cm³/mol. The molecule has 3 heterocycles. The van der Waals surface area contributed by atoms with Crippen LogP contribution in [0.15, 0.2) is 42.1 Å². The summed E-state index contributed by atoms with van der Waals surface area (Å²) in [5.41, 5.74) is 1.71. The van der Waals surface area contributed by atoms with Gasteiger partial charge in [0.15, 0.2) is 0 Å². The van der Waals surface area contributed by atoms with Gasteiger partial charge in [0.25, 0.3) is 5.56 Å². The Balaban J connectivity index is 2.30. The van der Waals surface area contributed by atoms with Crippen LogP contribution in [0.3, 0.4) is 0 Å². The Kier molecular flexibility index (Phi) is 4.25. The molecule has 0 fully saturated rings. The number of anilines is 1. The van der Waals surface area contributed by atoms with Crippen LogP contribution in [0.5, 0.6) is 0 Å². The fourth-order valence-electron chi connectivity index (χ4n) is 2.58. The van der Waals surface area contributed by atoms with Crippen molar-refractivity contribution < 1.29 is 0 Å². The average molecular weight is 326 g/mol. The topological polar surface area (TPSA) is 51.0 Å². The number of nitrogens with zero attached hydrogens (tertiary/aromatic N) is 4. The number of thiophene rings is 1. The number of hydrogen-bond donors (Lipinski definition) is 0. The van der Waals surface area contributed by atoms with Gasteiger partial charge in [-0.05, 0) is 18.6 Å². The molecule has 0 unspecified atom stereocenters. The summed E-state index contributed by atoms with van der Waals surface area (Å²) >= 11 is 1.39. The zero-order valence-corrected chi connectivity index (χ0v) is 14.0. The molecule has 0 atom stereocenters. The van der Waals surface area contributed by atoms with Gasteiger partial charge in [-0.1, -0.05) is 19.6 Å². The van der Waals surface area contributed by atoms with Crippen LogP contribution in [0.2, 0.25) is 0 Å². The minimum atomic E-state index is -0.0832. The number of fused-ring (bicyclic) bond motifs is 3. The molecule has 0 N–H and O–H groups in total. The summed E-state index contributed by atoms with van der Waals surface area (Å²) in [6.07, 6.45) is 9.38. The number of rotatable bonds is 5. The first kappa shape index (κ1) is 15.4. The Morgan fingerprint density at radius 2 is 2.26 bits per heavy atom. The van der Waals surface area contributed by atoms with Crippen molar-refractivity contribution in [3.8, 4) is 0 Å². The normalized spacial score (nSPS) is 11.6. The molecule has 3 rings (SSSR count). The van der Waals surface area contributed by atoms with E-state index in [0.29, 0.717) is 4.70 Å². The molecule has 0 aliphatic heterocycles. The third-order valence-electron chi connectivity index (χ3n) is 3.64. The first-order chi connectivity index (χ1) is 11.2. The van der Waals surface area contributed by atoms with Crippen LogP contribution in [0, 0.1) is 0 Å². The molecule has 5 nitrogen and oxygen atoms in total. The van der Waals surface area contributed by atoms with Crippen LogP contribution in [-0.2, 0) is 0 Å². The van der Waals surface area contributed by atoms with E-state index in [1.165, 1.54) is 15.9 Å². The van der Waals surface area contributed by atoms with Crippen molar-refractivity contribution in [3.63, 3.8) is 0 Å². The van der Waals surface area contributed by atoms with Gasteiger partial charge in [-0.15, -0.1) is 11.3 Å². The van der Waals surface area contributed by atoms with Crippen molar-refractivity contribution in [1.82, 2.24) is 14.5 Å². The molecule has 3 aromatic heterocycles. The molecule has 6 heteroatoms. The van der Waals surface area contributed by atoms with E-state index in [1.807, 2.05) is 6.07 Å². The molecule has 0 saturated heterocycles. The van der Waals surface area contributed by atoms with E-state index in [1.54, 1.807) is 30.9 Å². The van der Waals surface area contributed by atoms with E-state index < -0.39 is 0 Å². The zero-order chi connectivity index (χ0) is 16.4. The SMILES string of the molecule is C=C/C=C/n1cnc2c(sc3nccc(N(C)CCC)c32)c1=O. The molecule has 23 heavy (non-hydrogen) atoms. The third-order valence-corrected chi connectivity index (χ3v) is 4.71. The number of allylic oxidation sites excluding steroid dienone is 2. The highest BCUT2D eigenvalue weighted by Crippen LogP contribution is 2.35. The molecule has 0 spiro atoms. The Bertz CT molecular complexity index is 954. The largest absolute Gasteiger partial charge is 0.374 e. The predicted octanol–water partition coefficient (Wildman–Crippen LogP) is 3.51. The molecule has 0 aliphatic carbocycles. The summed E-state index contributed by atoms with van der Waals surface area (Å²) in [5.74, 6) is 0. The summed E-state index contributed by atoms with van der Waals surface area (Å²) in [6.45, 7) is 6.70. The van der Waals surface area contributed by atoms with E-state index in [2.05, 4.69) is 35.4 Å². The molecule has 0 aliphatic rings. The first-order valence-corrected chi connectivity index (χ1v) is 8.27. The summed E-state index contributed by atoms with van der Waals surface area (Å²) in [4.78, 5) is 24.6. The number of aromatic nitrogens is 3. The second-order valence-electron chi connectivity index (χ2n) is 5.25. The fourth-order valence-corrected chi connectivity index (χ4v) is 3.64. The van der Waals surface area contributed by atoms with E-state index >= 15 is 0 Å². The van der Waals surface area contributed by atoms with Crippen molar-refractivity contribution in [1.29, 1.82) is 0 Å². The number of pyridine rings is 1. The number of hydrogen-bond acceptors (Lipinski definition) is 5. The molecule has 118 valence electrons. The fraction of sp³-hybridized carbons (Fsp3) is 0.235. The summed E-state index contributed by atoms with van der Waals surface area (Å²) in [7, 11) is 2.05. The van der Waals surface area contributed by atoms with Crippen LogP contribution in [-0.4, -0.2) is 28.1 Å². The van der Waals surface area contributed by atoms with E-state index in [0.717, 1.165) is 34.4 Å². The van der Waals surface area contributed by atoms with Crippen LogP contribution in [0.1, 0.15) is 13.3 Å². The molecular formula is C17H18N4OS. The van der Waals surface area contributed by atoms with Crippen molar-refractivity contribution in [2.45, 2.75) is 13.3 Å². The minimum absolute atomic E-state index is 0.0832. The van der Waals surface area contributed by atoms with Gasteiger partial charge in [-0.3, -0.25) is 9.36 Å². The molecule has 0 saturated carbocycles. The van der Waals surface area contributed by atoms with E-state index in [9.17, 15) is 4.79 Å². The van der Waals surface area contributed by atoms with Gasteiger partial charge in [-0.2, -0.15) is 0 Å². The highest BCUT2D eigenvalue weighted by Gasteiger charge is 2.16. The Morgan fingerprint density at radius 1 is 1.43 bits per heavy atom. The van der Waals surface area contributed by atoms with Gasteiger partial charge in [0.1, 0.15) is 15.9 Å². The van der Waals surface area contributed by atoms with Crippen LogP contribution < -0.4 is 10.5 Å². The highest BCUT2D eigenvalue weighted by atomic mass is 32.1. The monoisotopic (exact) mass is 326 g/mol. The molecule has 0 amide bonds. The first-order valence-electron chi connectivity index (χ1n) is 7.46. The van der Waals surface area contributed by atoms with Crippen LogP contribution >= 0.6 is 11.3 Å². The van der Waals surface area contributed by atoms with E-state index in [4.69, 9.17) is 0 Å². The van der Waals surface area contributed by atoms with Crippen LogP contribution in [0.25, 0.3) is 26.6 Å². The maximum Gasteiger partial charge on any atom is 0.275 e. The van der Waals surface area contributed by atoms with Gasteiger partial charge >= 0.3 is 0 Å². The lowest BCUT2D eigenvalue weighted by Gasteiger charge is -2.19. The zero-order valence-electron chi connectivity index (χ0n) is 13.2. The lowest BCUT2D eigenvalue weighted by molar-refractivity contribution is 0.855. The van der Waals surface area contributed by atoms with E-state index in [-0.39, 0.29) is 5.56 Å². The summed E-state index contributed by atoms with van der Waals surface area (Å²) in [6, 6.07) is 1.98. The standard InChI is InChI=1S/C17H18N4OS/c1-4-6-10-21-11-19-14-13-12(20(3)9-5-2)7-8-18-16(13)23-15(14)17(21)22/h4,6-8,10-11H,1,5,9H2,2-3H3/b10-6+. The van der Waals surface area contributed by atoms with Crippen molar-refractivity contribution in [2.75, 3.05) is 18.5 Å². The molecular weight excluding hydrogens is 308 g/mol. The van der Waals surface area contributed by atoms with Crippen molar-refractivity contribution in [2.24, 2.45) is 0 Å². The van der Waals surface area contributed by atoms with Gasteiger partial charge in [-0.25, -0.2) is 9.97 Å². The maximum absolute atomic E-state index is 12.6. The van der Waals surface area contributed by atoms with Gasteiger partial charge in [0.2, 0.25) is 0 Å². The van der Waals surface area contributed by atoms with Gasteiger partial charge < -0.3 is 4.90 Å². The molecule has 0 bridgehead atoms. The highest BCUT2D eigenvalue weighted by molar-refractivity contribution is 7.25. The lowest BCUT2D eigenvalue weighted by Crippen LogP contribution is -2.18. The average Bonchev–Trinajstić information content (AvgIpc) is 2.94. The quantitative estimate of drug-likeness (QED) is 0.673. The molecule has 3 aromatic rings. The molecule has 0 radical (unpaired) electrons. The minimum Gasteiger partial charge on any atom is -0.374 e. The second kappa shape index (κ2) is 6.34. The maximum atomic E-state index is 12.6. The Hall–Kier alpha value is -2.47. The van der Waals surface area contributed by atoms with Crippen molar-refractivity contribution in [3.05, 3.63) is 47.7 Å². The van der Waals surface area contributed by atoms with Crippen LogP contribution in [0.4, 0.5) is 5.69 Å². The third kappa shape index (κ3) is 2.66. The second-order valence-corrected chi connectivity index (χ2v) is 6.24.